The maximum absolute atomic E-state index is 12.0. The maximum Gasteiger partial charge on any atom is 0.162 e. The molecule has 2 nitrogen and oxygen atoms in total. The zero-order chi connectivity index (χ0) is 13.7. The molecule has 0 aromatic heterocycles. The fourth-order valence-corrected chi connectivity index (χ4v) is 3.10. The Kier molecular flexibility index (Phi) is 5.15. The molecule has 0 spiro atoms. The minimum absolute atomic E-state index is 0.279. The molecule has 1 saturated heterocycles. The van der Waals surface area contributed by atoms with E-state index < -0.39 is 0 Å². The molecular weight excluding hydrogens is 234 g/mol. The molecule has 1 aromatic carbocycles. The molecule has 0 saturated carbocycles. The minimum atomic E-state index is 0.279. The van der Waals surface area contributed by atoms with Crippen molar-refractivity contribution in [3.05, 3.63) is 35.9 Å². The van der Waals surface area contributed by atoms with Gasteiger partial charge in [-0.05, 0) is 38.3 Å². The van der Waals surface area contributed by atoms with Crippen molar-refractivity contribution >= 4 is 5.78 Å². The fourth-order valence-electron chi connectivity index (χ4n) is 3.10. The molecule has 1 fully saturated rings. The van der Waals surface area contributed by atoms with Crippen LogP contribution in [0.15, 0.2) is 30.3 Å². The first-order chi connectivity index (χ1) is 9.18. The van der Waals surface area contributed by atoms with Crippen molar-refractivity contribution < 1.29 is 4.79 Å². The second kappa shape index (κ2) is 6.85. The molecule has 2 heteroatoms. The topological polar surface area (TPSA) is 20.3 Å². The van der Waals surface area contributed by atoms with E-state index in [2.05, 4.69) is 18.7 Å². The molecule has 19 heavy (non-hydrogen) atoms. The third-order valence-corrected chi connectivity index (χ3v) is 4.13. The largest absolute Gasteiger partial charge is 0.300 e. The predicted molar refractivity (Wildman–Crippen MR) is 79.4 cm³/mol. The van der Waals surface area contributed by atoms with Gasteiger partial charge in [0.15, 0.2) is 5.78 Å². The van der Waals surface area contributed by atoms with Gasteiger partial charge < -0.3 is 4.90 Å². The van der Waals surface area contributed by atoms with E-state index in [9.17, 15) is 4.79 Å². The van der Waals surface area contributed by atoms with Crippen molar-refractivity contribution in [2.45, 2.75) is 45.6 Å². The van der Waals surface area contributed by atoms with Crippen LogP contribution in [0.25, 0.3) is 0 Å². The number of carbonyl (C=O) groups excluding carboxylic acids is 1. The molecule has 1 aliphatic rings. The van der Waals surface area contributed by atoms with Gasteiger partial charge in [0, 0.05) is 18.0 Å². The van der Waals surface area contributed by atoms with Crippen LogP contribution in [0, 0.1) is 5.92 Å². The van der Waals surface area contributed by atoms with Gasteiger partial charge in [-0.15, -0.1) is 0 Å². The van der Waals surface area contributed by atoms with Crippen LogP contribution in [0.5, 0.6) is 0 Å². The van der Waals surface area contributed by atoms with Crippen LogP contribution in [-0.2, 0) is 0 Å². The lowest BCUT2D eigenvalue weighted by Crippen LogP contribution is -2.34. The van der Waals surface area contributed by atoms with Gasteiger partial charge in [-0.3, -0.25) is 4.79 Å². The Labute approximate surface area is 116 Å². The Morgan fingerprint density at radius 3 is 2.74 bits per heavy atom. The lowest BCUT2D eigenvalue weighted by Gasteiger charge is -2.27. The van der Waals surface area contributed by atoms with Gasteiger partial charge in [0.1, 0.15) is 0 Å². The number of ketones is 1. The van der Waals surface area contributed by atoms with Crippen LogP contribution in [0.4, 0.5) is 0 Å². The molecule has 1 heterocycles. The first kappa shape index (κ1) is 14.3. The highest BCUT2D eigenvalue weighted by Crippen LogP contribution is 2.24. The van der Waals surface area contributed by atoms with Crippen LogP contribution in [-0.4, -0.2) is 29.8 Å². The number of hydrogen-bond donors (Lipinski definition) is 0. The number of likely N-dealkylation sites (tertiary alicyclic amines) is 1. The lowest BCUT2D eigenvalue weighted by molar-refractivity contribution is 0.0971. The summed E-state index contributed by atoms with van der Waals surface area (Å²) in [5.74, 6) is 1.01. The summed E-state index contributed by atoms with van der Waals surface area (Å²) in [5.41, 5.74) is 0.851. The molecule has 104 valence electrons. The summed E-state index contributed by atoms with van der Waals surface area (Å²) in [7, 11) is 0. The normalized spacial score (nSPS) is 20.1. The van der Waals surface area contributed by atoms with E-state index in [4.69, 9.17) is 0 Å². The van der Waals surface area contributed by atoms with E-state index in [-0.39, 0.29) is 5.78 Å². The predicted octanol–water partition coefficient (Wildman–Crippen LogP) is 3.77. The summed E-state index contributed by atoms with van der Waals surface area (Å²) >= 11 is 0. The number of nitrogens with zero attached hydrogens (tertiary/aromatic N) is 1. The van der Waals surface area contributed by atoms with Gasteiger partial charge in [-0.25, -0.2) is 0 Å². The summed E-state index contributed by atoms with van der Waals surface area (Å²) in [6.07, 6.45) is 4.29. The fraction of sp³-hybridized carbons (Fsp3) is 0.588. The average Bonchev–Trinajstić information content (AvgIpc) is 2.88. The van der Waals surface area contributed by atoms with E-state index in [0.29, 0.717) is 6.42 Å². The van der Waals surface area contributed by atoms with Gasteiger partial charge in [0.25, 0.3) is 0 Å². The van der Waals surface area contributed by atoms with E-state index in [1.807, 2.05) is 30.3 Å². The summed E-state index contributed by atoms with van der Waals surface area (Å²) in [6, 6.07) is 10.4. The van der Waals surface area contributed by atoms with E-state index in [0.717, 1.165) is 30.5 Å². The van der Waals surface area contributed by atoms with E-state index >= 15 is 0 Å². The summed E-state index contributed by atoms with van der Waals surface area (Å²) < 4.78 is 0. The molecule has 1 atom stereocenters. The van der Waals surface area contributed by atoms with Crippen LogP contribution in [0.1, 0.15) is 49.9 Å². The van der Waals surface area contributed by atoms with E-state index in [1.165, 1.54) is 19.4 Å². The summed E-state index contributed by atoms with van der Waals surface area (Å²) in [5, 5.41) is 0. The van der Waals surface area contributed by atoms with Crippen molar-refractivity contribution in [2.24, 2.45) is 5.92 Å². The molecule has 0 radical (unpaired) electrons. The van der Waals surface area contributed by atoms with Gasteiger partial charge in [0.05, 0.1) is 0 Å². The molecule has 1 aromatic rings. The Morgan fingerprint density at radius 1 is 1.32 bits per heavy atom. The van der Waals surface area contributed by atoms with Crippen molar-refractivity contribution in [1.29, 1.82) is 0 Å². The quantitative estimate of drug-likeness (QED) is 0.725. The summed E-state index contributed by atoms with van der Waals surface area (Å²) in [6.45, 7) is 6.89. The number of benzene rings is 1. The zero-order valence-electron chi connectivity index (χ0n) is 12.1. The van der Waals surface area contributed by atoms with E-state index in [1.54, 1.807) is 0 Å². The molecular formula is C17H25NO. The van der Waals surface area contributed by atoms with Crippen molar-refractivity contribution in [3.8, 4) is 0 Å². The first-order valence-corrected chi connectivity index (χ1v) is 7.51. The van der Waals surface area contributed by atoms with Crippen LogP contribution >= 0.6 is 0 Å². The Bertz CT molecular complexity index is 399. The van der Waals surface area contributed by atoms with Gasteiger partial charge in [-0.1, -0.05) is 44.2 Å². The number of carbonyl (C=O) groups is 1. The Hall–Kier alpha value is -1.15. The summed E-state index contributed by atoms with van der Waals surface area (Å²) in [4.78, 5) is 14.6. The van der Waals surface area contributed by atoms with Gasteiger partial charge in [0.2, 0.25) is 0 Å². The van der Waals surface area contributed by atoms with Gasteiger partial charge >= 0.3 is 0 Å². The second-order valence-electron chi connectivity index (χ2n) is 5.88. The standard InChI is InChI=1S/C17H25NO/c1-14(2)16-10-6-12-18(16)13-7-11-17(19)15-8-4-3-5-9-15/h3-5,8-9,14,16H,6-7,10-13H2,1-2H3. The number of Topliss-reactive ketones (excluding diaryl/α,β-unsaturated/α-hetero) is 1. The minimum Gasteiger partial charge on any atom is -0.300 e. The van der Waals surface area contributed by atoms with Gasteiger partial charge in [-0.2, -0.15) is 0 Å². The maximum atomic E-state index is 12.0. The second-order valence-corrected chi connectivity index (χ2v) is 5.88. The van der Waals surface area contributed by atoms with Crippen molar-refractivity contribution in [3.63, 3.8) is 0 Å². The Balaban J connectivity index is 1.76. The molecule has 0 bridgehead atoms. The third-order valence-electron chi connectivity index (χ3n) is 4.13. The molecule has 1 aliphatic heterocycles. The van der Waals surface area contributed by atoms with Crippen molar-refractivity contribution in [2.75, 3.05) is 13.1 Å². The highest BCUT2D eigenvalue weighted by molar-refractivity contribution is 5.95. The van der Waals surface area contributed by atoms with Crippen LogP contribution < -0.4 is 0 Å². The SMILES string of the molecule is CC(C)C1CCCN1CCCC(=O)c1ccccc1. The molecule has 1 unspecified atom stereocenters. The monoisotopic (exact) mass is 259 g/mol. The zero-order valence-corrected chi connectivity index (χ0v) is 12.1. The van der Waals surface area contributed by atoms with Crippen LogP contribution in [0.3, 0.4) is 0 Å². The average molecular weight is 259 g/mol. The highest BCUT2D eigenvalue weighted by Gasteiger charge is 2.26. The lowest BCUT2D eigenvalue weighted by atomic mass is 10.0. The van der Waals surface area contributed by atoms with Crippen molar-refractivity contribution in [1.82, 2.24) is 4.90 Å². The molecule has 0 N–H and O–H groups in total. The highest BCUT2D eigenvalue weighted by atomic mass is 16.1. The first-order valence-electron chi connectivity index (χ1n) is 7.51. The van der Waals surface area contributed by atoms with Crippen LogP contribution in [0.2, 0.25) is 0 Å². The Morgan fingerprint density at radius 2 is 2.05 bits per heavy atom. The number of hydrogen-bond acceptors (Lipinski definition) is 2. The third kappa shape index (κ3) is 3.90. The number of rotatable bonds is 6. The molecule has 0 amide bonds. The molecule has 0 aliphatic carbocycles. The smallest absolute Gasteiger partial charge is 0.162 e. The molecule has 2 rings (SSSR count).